The molecule has 0 aliphatic carbocycles. The Morgan fingerprint density at radius 3 is 3.00 bits per heavy atom. The number of fused-ring (bicyclic) bond motifs is 1. The van der Waals surface area contributed by atoms with Gasteiger partial charge >= 0.3 is 0 Å². The third-order valence-electron chi connectivity index (χ3n) is 3.42. The first kappa shape index (κ1) is 13.2. The van der Waals surface area contributed by atoms with E-state index in [2.05, 4.69) is 22.1 Å². The summed E-state index contributed by atoms with van der Waals surface area (Å²) in [5, 5.41) is 3.30. The summed E-state index contributed by atoms with van der Waals surface area (Å²) < 4.78 is 11.0. The van der Waals surface area contributed by atoms with Gasteiger partial charge in [-0.2, -0.15) is 4.98 Å². The molecule has 3 N–H and O–H groups in total. The predicted octanol–water partition coefficient (Wildman–Crippen LogP) is 1.54. The number of hydrogen-bond acceptors (Lipinski definition) is 6. The first-order chi connectivity index (χ1) is 9.70. The lowest BCUT2D eigenvalue weighted by atomic mass is 10.3. The van der Waals surface area contributed by atoms with Crippen LogP contribution in [0.5, 0.6) is 0 Å². The summed E-state index contributed by atoms with van der Waals surface area (Å²) in [5.74, 6) is 0. The van der Waals surface area contributed by atoms with Crippen LogP contribution in [0.4, 0.5) is 11.7 Å². The van der Waals surface area contributed by atoms with Gasteiger partial charge in [0.2, 0.25) is 0 Å². The highest BCUT2D eigenvalue weighted by molar-refractivity contribution is 5.78. The van der Waals surface area contributed by atoms with Crippen LogP contribution in [-0.4, -0.2) is 48.8 Å². The lowest BCUT2D eigenvalue weighted by Crippen LogP contribution is -2.42. The highest BCUT2D eigenvalue weighted by atomic mass is 16.5. The van der Waals surface area contributed by atoms with Crippen LogP contribution >= 0.6 is 0 Å². The Labute approximate surface area is 117 Å². The molecule has 3 rings (SSSR count). The van der Waals surface area contributed by atoms with Crippen LogP contribution in [0.3, 0.4) is 0 Å². The second-order valence-electron chi connectivity index (χ2n) is 5.20. The number of nitrogens with one attached hydrogen (secondary N) is 1. The number of ether oxygens (including phenoxy) is 1. The molecule has 0 spiro atoms. The summed E-state index contributed by atoms with van der Waals surface area (Å²) in [4.78, 5) is 6.79. The molecular weight excluding hydrogens is 256 g/mol. The van der Waals surface area contributed by atoms with Gasteiger partial charge in [-0.25, -0.2) is 0 Å². The lowest BCUT2D eigenvalue weighted by Gasteiger charge is -2.29. The van der Waals surface area contributed by atoms with E-state index in [-0.39, 0.29) is 6.04 Å². The molecule has 0 saturated carbocycles. The standard InChI is InChI=1S/C14H20N4O2/c1-10(9-18-4-6-19-7-5-18)16-14-17-12-3-2-11(15)8-13(12)20-14/h2-3,8,10H,4-7,9,15H2,1H3,(H,16,17). The molecule has 6 nitrogen and oxygen atoms in total. The molecule has 1 aromatic carbocycles. The van der Waals surface area contributed by atoms with Gasteiger partial charge < -0.3 is 20.2 Å². The minimum atomic E-state index is 0.263. The average molecular weight is 276 g/mol. The van der Waals surface area contributed by atoms with E-state index in [0.717, 1.165) is 38.4 Å². The number of morpholine rings is 1. The van der Waals surface area contributed by atoms with Crippen molar-refractivity contribution in [3.05, 3.63) is 18.2 Å². The molecule has 20 heavy (non-hydrogen) atoms. The van der Waals surface area contributed by atoms with Crippen LogP contribution < -0.4 is 11.1 Å². The Hall–Kier alpha value is -1.79. The summed E-state index contributed by atoms with van der Waals surface area (Å²) in [6.07, 6.45) is 0. The van der Waals surface area contributed by atoms with Crippen molar-refractivity contribution >= 4 is 22.8 Å². The minimum absolute atomic E-state index is 0.263. The second kappa shape index (κ2) is 5.68. The van der Waals surface area contributed by atoms with E-state index < -0.39 is 0 Å². The van der Waals surface area contributed by atoms with Crippen molar-refractivity contribution in [2.45, 2.75) is 13.0 Å². The zero-order valence-corrected chi connectivity index (χ0v) is 11.6. The van der Waals surface area contributed by atoms with Crippen molar-refractivity contribution in [3.63, 3.8) is 0 Å². The third-order valence-corrected chi connectivity index (χ3v) is 3.42. The maximum Gasteiger partial charge on any atom is 0.295 e. The van der Waals surface area contributed by atoms with Crippen molar-refractivity contribution in [1.82, 2.24) is 9.88 Å². The van der Waals surface area contributed by atoms with E-state index in [0.29, 0.717) is 17.3 Å². The van der Waals surface area contributed by atoms with Gasteiger partial charge in [-0.05, 0) is 19.1 Å². The van der Waals surface area contributed by atoms with Crippen LogP contribution in [0, 0.1) is 0 Å². The summed E-state index contributed by atoms with van der Waals surface area (Å²) in [7, 11) is 0. The summed E-state index contributed by atoms with van der Waals surface area (Å²) in [6.45, 7) is 6.67. The zero-order valence-electron chi connectivity index (χ0n) is 11.6. The fraction of sp³-hybridized carbons (Fsp3) is 0.500. The van der Waals surface area contributed by atoms with E-state index in [1.54, 1.807) is 6.07 Å². The maximum atomic E-state index is 5.73. The van der Waals surface area contributed by atoms with E-state index in [1.165, 1.54) is 0 Å². The van der Waals surface area contributed by atoms with Crippen LogP contribution in [0.1, 0.15) is 6.92 Å². The smallest absolute Gasteiger partial charge is 0.295 e. The maximum absolute atomic E-state index is 5.73. The van der Waals surface area contributed by atoms with Gasteiger partial charge in [0, 0.05) is 37.4 Å². The Kier molecular flexibility index (Phi) is 3.75. The quantitative estimate of drug-likeness (QED) is 0.825. The van der Waals surface area contributed by atoms with Crippen molar-refractivity contribution in [1.29, 1.82) is 0 Å². The number of nitrogens with zero attached hydrogens (tertiary/aromatic N) is 2. The molecule has 0 radical (unpaired) electrons. The molecule has 1 saturated heterocycles. The van der Waals surface area contributed by atoms with Crippen LogP contribution in [0.2, 0.25) is 0 Å². The van der Waals surface area contributed by atoms with Gasteiger partial charge in [0.15, 0.2) is 5.58 Å². The number of hydrogen-bond donors (Lipinski definition) is 2. The average Bonchev–Trinajstić information content (AvgIpc) is 2.80. The van der Waals surface area contributed by atoms with Crippen LogP contribution in [0.15, 0.2) is 22.6 Å². The Morgan fingerprint density at radius 1 is 1.40 bits per heavy atom. The second-order valence-corrected chi connectivity index (χ2v) is 5.20. The van der Waals surface area contributed by atoms with Crippen molar-refractivity contribution in [2.24, 2.45) is 0 Å². The topological polar surface area (TPSA) is 76.5 Å². The lowest BCUT2D eigenvalue weighted by molar-refractivity contribution is 0.0367. The Balaban J connectivity index is 1.63. The summed E-state index contributed by atoms with van der Waals surface area (Å²) in [5.41, 5.74) is 7.95. The van der Waals surface area contributed by atoms with E-state index in [4.69, 9.17) is 14.9 Å². The van der Waals surface area contributed by atoms with Gasteiger partial charge in [0.05, 0.1) is 13.2 Å². The monoisotopic (exact) mass is 276 g/mol. The number of oxazole rings is 1. The normalized spacial score (nSPS) is 18.2. The first-order valence-corrected chi connectivity index (χ1v) is 6.93. The molecule has 2 heterocycles. The Bertz CT molecular complexity index is 578. The van der Waals surface area contributed by atoms with Gasteiger partial charge in [-0.3, -0.25) is 4.90 Å². The fourth-order valence-electron chi connectivity index (χ4n) is 2.43. The highest BCUT2D eigenvalue weighted by Gasteiger charge is 2.15. The molecule has 6 heteroatoms. The molecule has 1 unspecified atom stereocenters. The van der Waals surface area contributed by atoms with E-state index in [1.807, 2.05) is 12.1 Å². The molecule has 2 aromatic rings. The van der Waals surface area contributed by atoms with Gasteiger partial charge in [0.1, 0.15) is 5.52 Å². The molecule has 0 amide bonds. The Morgan fingerprint density at radius 2 is 2.20 bits per heavy atom. The van der Waals surface area contributed by atoms with Crippen molar-refractivity contribution in [3.8, 4) is 0 Å². The number of aromatic nitrogens is 1. The first-order valence-electron chi connectivity index (χ1n) is 6.93. The van der Waals surface area contributed by atoms with Crippen LogP contribution in [0.25, 0.3) is 11.1 Å². The summed E-state index contributed by atoms with van der Waals surface area (Å²) in [6, 6.07) is 6.29. The number of nitrogen functional groups attached to an aromatic ring is 1. The summed E-state index contributed by atoms with van der Waals surface area (Å²) >= 11 is 0. The molecule has 1 aromatic heterocycles. The van der Waals surface area contributed by atoms with Gasteiger partial charge in [0.25, 0.3) is 6.01 Å². The van der Waals surface area contributed by atoms with Gasteiger partial charge in [-0.15, -0.1) is 0 Å². The minimum Gasteiger partial charge on any atom is -0.423 e. The number of anilines is 2. The van der Waals surface area contributed by atoms with E-state index >= 15 is 0 Å². The SMILES string of the molecule is CC(CN1CCOCC1)Nc1nc2ccc(N)cc2o1. The third kappa shape index (κ3) is 3.02. The molecule has 1 aliphatic rings. The molecule has 0 bridgehead atoms. The van der Waals surface area contributed by atoms with Crippen molar-refractivity contribution < 1.29 is 9.15 Å². The van der Waals surface area contributed by atoms with Crippen LogP contribution in [-0.2, 0) is 4.74 Å². The number of benzene rings is 1. The van der Waals surface area contributed by atoms with Gasteiger partial charge in [-0.1, -0.05) is 0 Å². The van der Waals surface area contributed by atoms with E-state index in [9.17, 15) is 0 Å². The van der Waals surface area contributed by atoms with Crippen molar-refractivity contribution in [2.75, 3.05) is 43.9 Å². The number of nitrogens with two attached hydrogens (primary N) is 1. The predicted molar refractivity (Wildman–Crippen MR) is 78.8 cm³/mol. The molecule has 1 fully saturated rings. The molecule has 108 valence electrons. The largest absolute Gasteiger partial charge is 0.423 e. The molecule has 1 atom stereocenters. The zero-order chi connectivity index (χ0) is 13.9. The fourth-order valence-corrected chi connectivity index (χ4v) is 2.43. The number of rotatable bonds is 4. The molecular formula is C14H20N4O2. The molecule has 1 aliphatic heterocycles. The highest BCUT2D eigenvalue weighted by Crippen LogP contribution is 2.21.